The molecule has 0 saturated carbocycles. The van der Waals surface area contributed by atoms with Crippen LogP contribution in [0.4, 0.5) is 8.78 Å². The summed E-state index contributed by atoms with van der Waals surface area (Å²) in [5, 5.41) is 0. The Morgan fingerprint density at radius 3 is 2.60 bits per heavy atom. The minimum atomic E-state index is -0.459. The zero-order valence-corrected chi connectivity index (χ0v) is 11.6. The molecule has 2 rings (SSSR count). The molecule has 0 atom stereocenters. The minimum absolute atomic E-state index is 0.00214. The highest BCUT2D eigenvalue weighted by atomic mass is 32.1. The van der Waals surface area contributed by atoms with Crippen LogP contribution in [0.25, 0.3) is 0 Å². The number of rotatable bonds is 4. The second-order valence-electron chi connectivity index (χ2n) is 4.38. The quantitative estimate of drug-likeness (QED) is 0.877. The van der Waals surface area contributed by atoms with Crippen LogP contribution in [0, 0.1) is 18.6 Å². The van der Waals surface area contributed by atoms with E-state index in [9.17, 15) is 8.78 Å². The van der Waals surface area contributed by atoms with Gasteiger partial charge in [-0.05, 0) is 48.4 Å². The molecule has 0 aromatic heterocycles. The second-order valence-corrected chi connectivity index (χ2v) is 4.82. The maximum Gasteiger partial charge on any atom is 0.133 e. The Morgan fingerprint density at radius 1 is 1.20 bits per heavy atom. The summed E-state index contributed by atoms with van der Waals surface area (Å²) in [5.41, 5.74) is 7.06. The van der Waals surface area contributed by atoms with Crippen molar-refractivity contribution >= 4 is 17.2 Å². The summed E-state index contributed by atoms with van der Waals surface area (Å²) < 4.78 is 32.0. The summed E-state index contributed by atoms with van der Waals surface area (Å²) in [7, 11) is 0. The lowest BCUT2D eigenvalue weighted by molar-refractivity contribution is 0.303. The van der Waals surface area contributed by atoms with Crippen LogP contribution >= 0.6 is 12.2 Å². The van der Waals surface area contributed by atoms with Gasteiger partial charge in [0.05, 0.1) is 0 Å². The SMILES string of the molecule is Cc1cc(F)ccc1OCc1ccc(F)c(C(N)=S)c1. The molecular formula is C15H13F2NOS. The highest BCUT2D eigenvalue weighted by Crippen LogP contribution is 2.20. The first-order chi connectivity index (χ1) is 9.47. The van der Waals surface area contributed by atoms with E-state index in [4.69, 9.17) is 22.7 Å². The molecule has 20 heavy (non-hydrogen) atoms. The van der Waals surface area contributed by atoms with Gasteiger partial charge >= 0.3 is 0 Å². The van der Waals surface area contributed by atoms with Crippen LogP contribution in [-0.2, 0) is 6.61 Å². The van der Waals surface area contributed by atoms with Crippen LogP contribution in [0.15, 0.2) is 36.4 Å². The van der Waals surface area contributed by atoms with E-state index in [0.717, 1.165) is 5.56 Å². The van der Waals surface area contributed by atoms with Crippen LogP contribution in [-0.4, -0.2) is 4.99 Å². The van der Waals surface area contributed by atoms with E-state index in [2.05, 4.69) is 0 Å². The molecule has 0 amide bonds. The fourth-order valence-corrected chi connectivity index (χ4v) is 1.94. The first-order valence-electron chi connectivity index (χ1n) is 5.94. The zero-order valence-electron chi connectivity index (χ0n) is 10.8. The van der Waals surface area contributed by atoms with E-state index in [0.29, 0.717) is 11.3 Å². The number of aryl methyl sites for hydroxylation is 1. The summed E-state index contributed by atoms with van der Waals surface area (Å²) in [6.45, 7) is 1.98. The van der Waals surface area contributed by atoms with Gasteiger partial charge < -0.3 is 10.5 Å². The van der Waals surface area contributed by atoms with Gasteiger partial charge in [0.1, 0.15) is 29.0 Å². The zero-order chi connectivity index (χ0) is 14.7. The molecule has 0 radical (unpaired) electrons. The maximum absolute atomic E-state index is 13.4. The lowest BCUT2D eigenvalue weighted by atomic mass is 10.1. The summed E-state index contributed by atoms with van der Waals surface area (Å²) >= 11 is 4.78. The first-order valence-corrected chi connectivity index (χ1v) is 6.35. The Hall–Kier alpha value is -2.01. The highest BCUT2D eigenvalue weighted by Gasteiger charge is 2.07. The molecule has 0 unspecified atom stereocenters. The molecule has 2 aromatic rings. The highest BCUT2D eigenvalue weighted by molar-refractivity contribution is 7.80. The molecule has 0 aliphatic heterocycles. The summed E-state index contributed by atoms with van der Waals surface area (Å²) in [6, 6.07) is 8.72. The average Bonchev–Trinajstić information content (AvgIpc) is 2.39. The van der Waals surface area contributed by atoms with Gasteiger partial charge in [-0.3, -0.25) is 0 Å². The molecule has 0 spiro atoms. The summed E-state index contributed by atoms with van der Waals surface area (Å²) in [6.07, 6.45) is 0. The third-order valence-electron chi connectivity index (χ3n) is 2.83. The topological polar surface area (TPSA) is 35.2 Å². The van der Waals surface area contributed by atoms with Crippen molar-refractivity contribution in [2.24, 2.45) is 5.73 Å². The first kappa shape index (κ1) is 14.4. The van der Waals surface area contributed by atoms with Gasteiger partial charge in [0, 0.05) is 5.56 Å². The van der Waals surface area contributed by atoms with E-state index in [1.54, 1.807) is 25.1 Å². The van der Waals surface area contributed by atoms with Gasteiger partial charge in [0.15, 0.2) is 0 Å². The molecule has 2 nitrogen and oxygen atoms in total. The van der Waals surface area contributed by atoms with Crippen LogP contribution in [0.5, 0.6) is 5.75 Å². The van der Waals surface area contributed by atoms with Gasteiger partial charge in [-0.1, -0.05) is 18.3 Å². The average molecular weight is 293 g/mol. The van der Waals surface area contributed by atoms with Crippen molar-refractivity contribution in [2.45, 2.75) is 13.5 Å². The molecular weight excluding hydrogens is 280 g/mol. The Kier molecular flexibility index (Phi) is 4.29. The Bertz CT molecular complexity index is 658. The van der Waals surface area contributed by atoms with Gasteiger partial charge in [0.2, 0.25) is 0 Å². The fourth-order valence-electron chi connectivity index (χ4n) is 1.79. The fraction of sp³-hybridized carbons (Fsp3) is 0.133. The molecule has 0 aliphatic rings. The standard InChI is InChI=1S/C15H13F2NOS/c1-9-6-11(16)3-5-14(9)19-8-10-2-4-13(17)12(7-10)15(18)20/h2-7H,8H2,1H3,(H2,18,20). The smallest absolute Gasteiger partial charge is 0.133 e. The van der Waals surface area contributed by atoms with Crippen molar-refractivity contribution in [1.82, 2.24) is 0 Å². The number of halogens is 2. The Labute approximate surface area is 121 Å². The van der Waals surface area contributed by atoms with Crippen molar-refractivity contribution in [1.29, 1.82) is 0 Å². The van der Waals surface area contributed by atoms with Crippen LogP contribution < -0.4 is 10.5 Å². The van der Waals surface area contributed by atoms with Crippen molar-refractivity contribution in [3.8, 4) is 5.75 Å². The monoisotopic (exact) mass is 293 g/mol. The van der Waals surface area contributed by atoms with Gasteiger partial charge in [-0.2, -0.15) is 0 Å². The Morgan fingerprint density at radius 2 is 1.95 bits per heavy atom. The van der Waals surface area contributed by atoms with Crippen molar-refractivity contribution in [3.05, 3.63) is 64.7 Å². The molecule has 0 heterocycles. The molecule has 2 N–H and O–H groups in total. The minimum Gasteiger partial charge on any atom is -0.489 e. The van der Waals surface area contributed by atoms with Crippen molar-refractivity contribution in [3.63, 3.8) is 0 Å². The van der Waals surface area contributed by atoms with Crippen LogP contribution in [0.2, 0.25) is 0 Å². The number of thiocarbonyl (C=S) groups is 1. The third-order valence-corrected chi connectivity index (χ3v) is 3.05. The summed E-state index contributed by atoms with van der Waals surface area (Å²) in [5.74, 6) is -0.195. The third kappa shape index (κ3) is 3.30. The number of nitrogens with two attached hydrogens (primary N) is 1. The van der Waals surface area contributed by atoms with Gasteiger partial charge in [0.25, 0.3) is 0 Å². The molecule has 104 valence electrons. The van der Waals surface area contributed by atoms with Crippen LogP contribution in [0.1, 0.15) is 16.7 Å². The van der Waals surface area contributed by atoms with E-state index >= 15 is 0 Å². The number of ether oxygens (including phenoxy) is 1. The molecule has 2 aromatic carbocycles. The normalized spacial score (nSPS) is 10.3. The lowest BCUT2D eigenvalue weighted by Crippen LogP contribution is -2.12. The van der Waals surface area contributed by atoms with E-state index in [1.807, 2.05) is 0 Å². The van der Waals surface area contributed by atoms with Crippen LogP contribution in [0.3, 0.4) is 0 Å². The number of hydrogen-bond donors (Lipinski definition) is 1. The number of hydrogen-bond acceptors (Lipinski definition) is 2. The Balaban J connectivity index is 2.15. The summed E-state index contributed by atoms with van der Waals surface area (Å²) in [4.78, 5) is 0.00214. The van der Waals surface area contributed by atoms with E-state index in [1.165, 1.54) is 18.2 Å². The lowest BCUT2D eigenvalue weighted by Gasteiger charge is -2.10. The largest absolute Gasteiger partial charge is 0.489 e. The van der Waals surface area contributed by atoms with E-state index < -0.39 is 5.82 Å². The van der Waals surface area contributed by atoms with E-state index in [-0.39, 0.29) is 23.0 Å². The van der Waals surface area contributed by atoms with Crippen molar-refractivity contribution < 1.29 is 13.5 Å². The van der Waals surface area contributed by atoms with Gasteiger partial charge in [-0.25, -0.2) is 8.78 Å². The number of benzene rings is 2. The predicted molar refractivity (Wildman–Crippen MR) is 77.8 cm³/mol. The maximum atomic E-state index is 13.4. The van der Waals surface area contributed by atoms with Crippen molar-refractivity contribution in [2.75, 3.05) is 0 Å². The molecule has 0 saturated heterocycles. The second kappa shape index (κ2) is 5.96. The molecule has 0 bridgehead atoms. The molecule has 0 fully saturated rings. The molecule has 0 aliphatic carbocycles. The van der Waals surface area contributed by atoms with Gasteiger partial charge in [-0.15, -0.1) is 0 Å². The molecule has 5 heteroatoms. The predicted octanol–water partition coefficient (Wildman–Crippen LogP) is 3.49.